The first-order chi connectivity index (χ1) is 19.6. The van der Waals surface area contributed by atoms with E-state index >= 15 is 0 Å². The van der Waals surface area contributed by atoms with E-state index in [1.165, 1.54) is 0 Å². The summed E-state index contributed by atoms with van der Waals surface area (Å²) in [5, 5.41) is 13.3. The minimum Gasteiger partial charge on any atom is -0.390 e. The van der Waals surface area contributed by atoms with Crippen molar-refractivity contribution in [2.45, 2.75) is 82.9 Å². The summed E-state index contributed by atoms with van der Waals surface area (Å²) < 4.78 is 0. The van der Waals surface area contributed by atoms with Crippen LogP contribution in [-0.4, -0.2) is 45.0 Å². The molecular weight excluding hydrogens is 512 g/mol. The Morgan fingerprint density at radius 3 is 2.22 bits per heavy atom. The molecule has 0 saturated heterocycles. The Morgan fingerprint density at radius 1 is 1.00 bits per heavy atom. The van der Waals surface area contributed by atoms with Crippen molar-refractivity contribution in [3.63, 3.8) is 0 Å². The van der Waals surface area contributed by atoms with Crippen molar-refractivity contribution in [1.82, 2.24) is 9.88 Å². The highest BCUT2D eigenvalue weighted by molar-refractivity contribution is 5.92. The summed E-state index contributed by atoms with van der Waals surface area (Å²) in [4.78, 5) is 31.5. The van der Waals surface area contributed by atoms with Gasteiger partial charge in [-0.2, -0.15) is 0 Å². The molecule has 3 aromatic rings. The lowest BCUT2D eigenvalue weighted by atomic mass is 9.63. The molecule has 2 amide bonds. The van der Waals surface area contributed by atoms with Gasteiger partial charge in [0.25, 0.3) is 0 Å². The van der Waals surface area contributed by atoms with Crippen molar-refractivity contribution in [3.8, 4) is 22.3 Å². The fourth-order valence-electron chi connectivity index (χ4n) is 6.96. The molecule has 0 atom stereocenters. The number of aromatic nitrogens is 1. The number of nitrogens with two attached hydrogens (primary N) is 1. The predicted molar refractivity (Wildman–Crippen MR) is 163 cm³/mol. The Kier molecular flexibility index (Phi) is 8.30. The minimum atomic E-state index is -0.705. The van der Waals surface area contributed by atoms with Crippen LogP contribution in [0.4, 0.5) is 5.82 Å². The molecule has 2 aliphatic rings. The van der Waals surface area contributed by atoms with Gasteiger partial charge in [0.05, 0.1) is 5.60 Å². The first kappa shape index (κ1) is 29.0. The van der Waals surface area contributed by atoms with Crippen LogP contribution < -0.4 is 11.1 Å². The molecule has 0 spiro atoms. The summed E-state index contributed by atoms with van der Waals surface area (Å²) in [6.45, 7) is 6.22. The Morgan fingerprint density at radius 2 is 1.63 bits per heavy atom. The van der Waals surface area contributed by atoms with Crippen molar-refractivity contribution < 1.29 is 14.7 Å². The fourth-order valence-corrected chi connectivity index (χ4v) is 6.96. The van der Waals surface area contributed by atoms with E-state index in [1.807, 2.05) is 61.3 Å². The molecule has 1 aromatic heterocycles. The van der Waals surface area contributed by atoms with E-state index in [-0.39, 0.29) is 17.9 Å². The largest absolute Gasteiger partial charge is 0.390 e. The van der Waals surface area contributed by atoms with Gasteiger partial charge in [0.1, 0.15) is 5.82 Å². The highest BCUT2D eigenvalue weighted by Crippen LogP contribution is 2.46. The second kappa shape index (κ2) is 11.7. The molecule has 2 aliphatic carbocycles. The highest BCUT2D eigenvalue weighted by atomic mass is 16.3. The second-order valence-corrected chi connectivity index (χ2v) is 12.3. The lowest BCUT2D eigenvalue weighted by molar-refractivity contribution is -0.132. The third-order valence-corrected chi connectivity index (χ3v) is 8.90. The zero-order valence-corrected chi connectivity index (χ0v) is 24.4. The SMILES string of the molecule is CCN(C(C)=O)[C@H]1CC[C@H](CC(=O)Nc2cc(-c3ccccc3)c(-c3ccc([C@]4(N)C[C@](C)(O)C4)cc3)cn2)CC1. The molecule has 0 aliphatic heterocycles. The third-order valence-electron chi connectivity index (χ3n) is 8.90. The number of hydrogen-bond donors (Lipinski definition) is 3. The molecule has 2 saturated carbocycles. The molecule has 2 aromatic carbocycles. The number of carbonyl (C=O) groups excluding carboxylic acids is 2. The van der Waals surface area contributed by atoms with Crippen molar-refractivity contribution in [2.75, 3.05) is 11.9 Å². The van der Waals surface area contributed by atoms with Gasteiger partial charge < -0.3 is 21.1 Å². The number of nitrogens with one attached hydrogen (secondary N) is 1. The van der Waals surface area contributed by atoms with Crippen molar-refractivity contribution in [3.05, 3.63) is 72.4 Å². The topological polar surface area (TPSA) is 109 Å². The normalized spacial score (nSPS) is 25.7. The summed E-state index contributed by atoms with van der Waals surface area (Å²) >= 11 is 0. The lowest BCUT2D eigenvalue weighted by Crippen LogP contribution is -2.58. The quantitative estimate of drug-likeness (QED) is 0.323. The number of pyridine rings is 1. The molecule has 216 valence electrons. The van der Waals surface area contributed by atoms with Gasteiger partial charge in [0, 0.05) is 43.2 Å². The average molecular weight is 555 g/mol. The van der Waals surface area contributed by atoms with E-state index in [2.05, 4.69) is 34.6 Å². The molecular formula is C34H42N4O3. The summed E-state index contributed by atoms with van der Waals surface area (Å²) in [5.41, 5.74) is 10.4. The summed E-state index contributed by atoms with van der Waals surface area (Å²) in [7, 11) is 0. The van der Waals surface area contributed by atoms with E-state index in [1.54, 1.807) is 6.92 Å². The van der Waals surface area contributed by atoms with Crippen LogP contribution in [0.5, 0.6) is 0 Å². The van der Waals surface area contributed by atoms with Crippen LogP contribution in [0.2, 0.25) is 0 Å². The maximum atomic E-state index is 13.0. The third kappa shape index (κ3) is 6.52. The van der Waals surface area contributed by atoms with E-state index in [9.17, 15) is 14.7 Å². The Bertz CT molecular complexity index is 1370. The van der Waals surface area contributed by atoms with E-state index in [4.69, 9.17) is 5.73 Å². The van der Waals surface area contributed by atoms with Crippen molar-refractivity contribution in [2.24, 2.45) is 11.7 Å². The van der Waals surface area contributed by atoms with Crippen LogP contribution in [0, 0.1) is 5.92 Å². The smallest absolute Gasteiger partial charge is 0.225 e. The number of nitrogens with zero attached hydrogens (tertiary/aromatic N) is 2. The van der Waals surface area contributed by atoms with E-state index in [0.29, 0.717) is 31.0 Å². The molecule has 0 bridgehead atoms. The molecule has 7 heteroatoms. The van der Waals surface area contributed by atoms with Gasteiger partial charge in [0.2, 0.25) is 11.8 Å². The summed E-state index contributed by atoms with van der Waals surface area (Å²) in [5.74, 6) is 0.952. The van der Waals surface area contributed by atoms with Gasteiger partial charge in [-0.1, -0.05) is 54.6 Å². The summed E-state index contributed by atoms with van der Waals surface area (Å²) in [6.07, 6.45) is 7.15. The van der Waals surface area contributed by atoms with Gasteiger partial charge in [-0.3, -0.25) is 9.59 Å². The molecule has 4 N–H and O–H groups in total. The number of benzene rings is 2. The molecule has 2 fully saturated rings. The molecule has 5 rings (SSSR count). The highest BCUT2D eigenvalue weighted by Gasteiger charge is 2.49. The van der Waals surface area contributed by atoms with Gasteiger partial charge >= 0.3 is 0 Å². The maximum Gasteiger partial charge on any atom is 0.225 e. The first-order valence-corrected chi connectivity index (χ1v) is 14.8. The molecule has 1 heterocycles. The van der Waals surface area contributed by atoms with Gasteiger partial charge in [0.15, 0.2) is 0 Å². The van der Waals surface area contributed by atoms with Crippen LogP contribution in [0.25, 0.3) is 22.3 Å². The van der Waals surface area contributed by atoms with Gasteiger partial charge in [-0.15, -0.1) is 0 Å². The molecule has 7 nitrogen and oxygen atoms in total. The molecule has 0 radical (unpaired) electrons. The van der Waals surface area contributed by atoms with Crippen LogP contribution in [0.15, 0.2) is 66.9 Å². The Labute approximate surface area is 243 Å². The Hall–Kier alpha value is -3.55. The lowest BCUT2D eigenvalue weighted by Gasteiger charge is -2.49. The Balaban J connectivity index is 1.29. The predicted octanol–water partition coefficient (Wildman–Crippen LogP) is 5.87. The number of hydrogen-bond acceptors (Lipinski definition) is 5. The number of aliphatic hydroxyl groups is 1. The number of carbonyl (C=O) groups is 2. The average Bonchev–Trinajstić information content (AvgIpc) is 2.93. The summed E-state index contributed by atoms with van der Waals surface area (Å²) in [6, 6.07) is 20.5. The van der Waals surface area contributed by atoms with E-state index in [0.717, 1.165) is 60.0 Å². The van der Waals surface area contributed by atoms with Crippen LogP contribution in [0.1, 0.15) is 71.3 Å². The van der Waals surface area contributed by atoms with Crippen LogP contribution >= 0.6 is 0 Å². The minimum absolute atomic E-state index is 0.0272. The second-order valence-electron chi connectivity index (χ2n) is 12.3. The van der Waals surface area contributed by atoms with Crippen LogP contribution in [0.3, 0.4) is 0 Å². The fraction of sp³-hybridized carbons (Fsp3) is 0.441. The number of anilines is 1. The number of amides is 2. The number of rotatable bonds is 8. The monoisotopic (exact) mass is 554 g/mol. The molecule has 41 heavy (non-hydrogen) atoms. The van der Waals surface area contributed by atoms with E-state index < -0.39 is 11.1 Å². The maximum absolute atomic E-state index is 13.0. The van der Waals surface area contributed by atoms with Crippen LogP contribution in [-0.2, 0) is 15.1 Å². The first-order valence-electron chi connectivity index (χ1n) is 14.8. The standard InChI is InChI=1S/C34H42N4O3/c1-4-38(23(2)39)28-16-10-24(11-17-28)18-32(40)37-31-19-29(25-8-6-5-7-9-25)30(20-36-31)26-12-14-27(15-13-26)34(35)21-33(3,41)22-34/h5-9,12-15,19-20,24,28,41H,4,10-11,16-18,21-22,35H2,1-3H3,(H,36,37,40)/t24-,28-,33-,34-. The van der Waals surface area contributed by atoms with Crippen molar-refractivity contribution >= 4 is 17.6 Å². The van der Waals surface area contributed by atoms with Gasteiger partial charge in [-0.05, 0) is 86.6 Å². The zero-order chi connectivity index (χ0) is 29.2. The van der Waals surface area contributed by atoms with Gasteiger partial charge in [-0.25, -0.2) is 4.98 Å². The van der Waals surface area contributed by atoms with Crippen molar-refractivity contribution in [1.29, 1.82) is 0 Å². The zero-order valence-electron chi connectivity index (χ0n) is 24.4. The molecule has 0 unspecified atom stereocenters.